The Morgan fingerprint density at radius 3 is 2.33 bits per heavy atom. The van der Waals surface area contributed by atoms with Crippen LogP contribution in [0.2, 0.25) is 0 Å². The molecule has 0 fully saturated rings. The molecule has 1 N–H and O–H groups in total. The van der Waals surface area contributed by atoms with Crippen LogP contribution in [0.15, 0.2) is 30.3 Å². The van der Waals surface area contributed by atoms with Crippen LogP contribution in [-0.2, 0) is 9.63 Å². The van der Waals surface area contributed by atoms with Crippen LogP contribution in [0.5, 0.6) is 0 Å². The molecule has 1 aromatic rings. The van der Waals surface area contributed by atoms with E-state index < -0.39 is 5.97 Å². The van der Waals surface area contributed by atoms with Gasteiger partial charge in [-0.15, -0.1) is 0 Å². The van der Waals surface area contributed by atoms with Crippen molar-refractivity contribution < 1.29 is 14.4 Å². The zero-order valence-corrected chi connectivity index (χ0v) is 8.69. The van der Waals surface area contributed by atoms with Crippen molar-refractivity contribution in [3.63, 3.8) is 0 Å². The lowest BCUT2D eigenvalue weighted by Gasteiger charge is -2.07. The zero-order chi connectivity index (χ0) is 11.3. The van der Waals surface area contributed by atoms with E-state index in [1.165, 1.54) is 0 Å². The largest absolute Gasteiger partial charge is 0.362 e. The number of benzene rings is 1. The Kier molecular flexibility index (Phi) is 3.85. The lowest BCUT2D eigenvalue weighted by atomic mass is 10.2. The fourth-order valence-corrected chi connectivity index (χ4v) is 0.848. The van der Waals surface area contributed by atoms with E-state index in [1.54, 1.807) is 44.2 Å². The summed E-state index contributed by atoms with van der Waals surface area (Å²) in [5.74, 6) is -1.10. The molecule has 0 aromatic heterocycles. The first-order valence-electron chi connectivity index (χ1n) is 4.67. The van der Waals surface area contributed by atoms with Crippen molar-refractivity contribution in [3.05, 3.63) is 35.9 Å². The van der Waals surface area contributed by atoms with Gasteiger partial charge in [-0.25, -0.2) is 4.79 Å². The minimum atomic E-state index is -0.565. The van der Waals surface area contributed by atoms with Gasteiger partial charge < -0.3 is 4.84 Å². The molecular formula is C11H13NO3. The Labute approximate surface area is 88.2 Å². The summed E-state index contributed by atoms with van der Waals surface area (Å²) >= 11 is 0. The second-order valence-corrected chi connectivity index (χ2v) is 3.38. The number of hydroxylamine groups is 1. The Morgan fingerprint density at radius 2 is 1.80 bits per heavy atom. The maximum atomic E-state index is 11.3. The molecule has 0 atom stereocenters. The number of carbonyl (C=O) groups excluding carboxylic acids is 2. The van der Waals surface area contributed by atoms with Crippen molar-refractivity contribution in [2.75, 3.05) is 0 Å². The number of hydrogen-bond acceptors (Lipinski definition) is 3. The second kappa shape index (κ2) is 5.14. The zero-order valence-electron chi connectivity index (χ0n) is 8.69. The molecule has 0 bridgehead atoms. The minimum absolute atomic E-state index is 0.214. The summed E-state index contributed by atoms with van der Waals surface area (Å²) in [6, 6.07) is 8.47. The lowest BCUT2D eigenvalue weighted by Crippen LogP contribution is -2.30. The van der Waals surface area contributed by atoms with Crippen molar-refractivity contribution in [1.29, 1.82) is 0 Å². The number of nitrogens with one attached hydrogen (secondary N) is 1. The van der Waals surface area contributed by atoms with E-state index in [0.29, 0.717) is 5.56 Å². The molecule has 0 spiro atoms. The molecule has 0 aliphatic carbocycles. The summed E-state index contributed by atoms with van der Waals surface area (Å²) in [4.78, 5) is 27.0. The lowest BCUT2D eigenvalue weighted by molar-refractivity contribution is -0.133. The molecule has 1 amide bonds. The maximum Gasteiger partial charge on any atom is 0.362 e. The highest BCUT2D eigenvalue weighted by molar-refractivity contribution is 5.90. The molecule has 0 aliphatic rings. The van der Waals surface area contributed by atoms with Crippen LogP contribution in [0.25, 0.3) is 0 Å². The van der Waals surface area contributed by atoms with Crippen molar-refractivity contribution in [1.82, 2.24) is 5.48 Å². The Morgan fingerprint density at radius 1 is 1.20 bits per heavy atom. The second-order valence-electron chi connectivity index (χ2n) is 3.38. The van der Waals surface area contributed by atoms with Gasteiger partial charge >= 0.3 is 5.97 Å². The van der Waals surface area contributed by atoms with Crippen molar-refractivity contribution >= 4 is 11.9 Å². The number of amides is 1. The van der Waals surface area contributed by atoms with Gasteiger partial charge in [0.05, 0.1) is 5.56 Å². The first-order chi connectivity index (χ1) is 7.11. The first kappa shape index (κ1) is 11.2. The van der Waals surface area contributed by atoms with E-state index in [-0.39, 0.29) is 11.8 Å². The molecular weight excluding hydrogens is 194 g/mol. The number of hydrogen-bond donors (Lipinski definition) is 1. The highest BCUT2D eigenvalue weighted by Crippen LogP contribution is 2.00. The molecule has 0 aliphatic heterocycles. The van der Waals surface area contributed by atoms with Crippen LogP contribution in [-0.4, -0.2) is 11.9 Å². The van der Waals surface area contributed by atoms with E-state index in [4.69, 9.17) is 0 Å². The molecule has 15 heavy (non-hydrogen) atoms. The van der Waals surface area contributed by atoms with Crippen LogP contribution < -0.4 is 5.48 Å². The van der Waals surface area contributed by atoms with Gasteiger partial charge in [-0.05, 0) is 12.1 Å². The summed E-state index contributed by atoms with van der Waals surface area (Å²) in [5, 5.41) is 0. The third-order valence-electron chi connectivity index (χ3n) is 1.78. The van der Waals surface area contributed by atoms with Crippen LogP contribution in [0.3, 0.4) is 0 Å². The summed E-state index contributed by atoms with van der Waals surface area (Å²) in [7, 11) is 0. The Hall–Kier alpha value is -1.84. The quantitative estimate of drug-likeness (QED) is 0.748. The SMILES string of the molecule is CC(C)C(=O)NOC(=O)c1ccccc1. The average Bonchev–Trinajstić information content (AvgIpc) is 2.26. The summed E-state index contributed by atoms with van der Waals surface area (Å²) in [5.41, 5.74) is 2.50. The van der Waals surface area contributed by atoms with Crippen molar-refractivity contribution in [2.45, 2.75) is 13.8 Å². The van der Waals surface area contributed by atoms with E-state index in [9.17, 15) is 9.59 Å². The summed E-state index contributed by atoms with van der Waals surface area (Å²) in [6.07, 6.45) is 0. The van der Waals surface area contributed by atoms with E-state index in [2.05, 4.69) is 10.3 Å². The van der Waals surface area contributed by atoms with Gasteiger partial charge in [0.2, 0.25) is 0 Å². The van der Waals surface area contributed by atoms with E-state index >= 15 is 0 Å². The average molecular weight is 207 g/mol. The third kappa shape index (κ3) is 3.42. The smallest absolute Gasteiger partial charge is 0.335 e. The fraction of sp³-hybridized carbons (Fsp3) is 0.273. The van der Waals surface area contributed by atoms with Gasteiger partial charge in [0, 0.05) is 5.92 Å². The van der Waals surface area contributed by atoms with Crippen LogP contribution in [0, 0.1) is 5.92 Å². The monoisotopic (exact) mass is 207 g/mol. The summed E-state index contributed by atoms with van der Waals surface area (Å²) in [6.45, 7) is 3.43. The molecule has 0 unspecified atom stereocenters. The molecule has 0 saturated heterocycles. The molecule has 0 saturated carbocycles. The van der Waals surface area contributed by atoms with Crippen LogP contribution >= 0.6 is 0 Å². The number of rotatable bonds is 2. The van der Waals surface area contributed by atoms with Gasteiger partial charge in [-0.2, -0.15) is 5.48 Å². The van der Waals surface area contributed by atoms with Crippen LogP contribution in [0.4, 0.5) is 0 Å². The van der Waals surface area contributed by atoms with Gasteiger partial charge in [0.25, 0.3) is 5.91 Å². The topological polar surface area (TPSA) is 55.4 Å². The summed E-state index contributed by atoms with van der Waals surface area (Å²) < 4.78 is 0. The molecule has 1 aromatic carbocycles. The van der Waals surface area contributed by atoms with Gasteiger partial charge in [0.15, 0.2) is 0 Å². The Balaban J connectivity index is 2.48. The predicted molar refractivity (Wildman–Crippen MR) is 54.8 cm³/mol. The first-order valence-corrected chi connectivity index (χ1v) is 4.67. The van der Waals surface area contributed by atoms with Gasteiger partial charge in [-0.1, -0.05) is 32.0 Å². The highest BCUT2D eigenvalue weighted by atomic mass is 16.7. The third-order valence-corrected chi connectivity index (χ3v) is 1.78. The Bertz CT molecular complexity index is 346. The van der Waals surface area contributed by atoms with Gasteiger partial charge in [-0.3, -0.25) is 4.79 Å². The molecule has 0 radical (unpaired) electrons. The minimum Gasteiger partial charge on any atom is -0.335 e. The maximum absolute atomic E-state index is 11.3. The molecule has 1 rings (SSSR count). The normalized spacial score (nSPS) is 9.80. The molecule has 4 nitrogen and oxygen atoms in total. The number of carbonyl (C=O) groups is 2. The van der Waals surface area contributed by atoms with Crippen LogP contribution in [0.1, 0.15) is 24.2 Å². The standard InChI is InChI=1S/C11H13NO3/c1-8(2)10(13)12-15-11(14)9-6-4-3-5-7-9/h3-8H,1-2H3,(H,12,13). The molecule has 80 valence electrons. The van der Waals surface area contributed by atoms with E-state index in [0.717, 1.165) is 0 Å². The van der Waals surface area contributed by atoms with Gasteiger partial charge in [0.1, 0.15) is 0 Å². The predicted octanol–water partition coefficient (Wildman–Crippen LogP) is 1.53. The van der Waals surface area contributed by atoms with E-state index in [1.807, 2.05) is 0 Å². The fourth-order valence-electron chi connectivity index (χ4n) is 0.848. The molecule has 0 heterocycles. The molecule has 4 heteroatoms. The highest BCUT2D eigenvalue weighted by Gasteiger charge is 2.11. The van der Waals surface area contributed by atoms with Crippen molar-refractivity contribution in [2.24, 2.45) is 5.92 Å². The van der Waals surface area contributed by atoms with Crippen molar-refractivity contribution in [3.8, 4) is 0 Å².